The van der Waals surface area contributed by atoms with E-state index in [1.54, 1.807) is 20.1 Å². The SMILES string of the molecule is COc1ccc(/C(C)=C/C(=O)Nc2cc(C)on2)cc1. The molecule has 0 spiro atoms. The quantitative estimate of drug-likeness (QED) is 0.869. The van der Waals surface area contributed by atoms with Crippen LogP contribution in [0.1, 0.15) is 18.2 Å². The largest absolute Gasteiger partial charge is 0.497 e. The van der Waals surface area contributed by atoms with Crippen molar-refractivity contribution in [3.05, 3.63) is 47.7 Å². The molecule has 1 aromatic heterocycles. The number of benzene rings is 1. The Morgan fingerprint density at radius 1 is 1.35 bits per heavy atom. The molecule has 1 amide bonds. The Morgan fingerprint density at radius 2 is 2.05 bits per heavy atom. The lowest BCUT2D eigenvalue weighted by atomic mass is 10.1. The van der Waals surface area contributed by atoms with E-state index in [1.165, 1.54) is 6.08 Å². The van der Waals surface area contributed by atoms with Crippen molar-refractivity contribution in [2.75, 3.05) is 12.4 Å². The minimum atomic E-state index is -0.244. The highest BCUT2D eigenvalue weighted by atomic mass is 16.5. The lowest BCUT2D eigenvalue weighted by Gasteiger charge is -2.04. The number of nitrogens with zero attached hydrogens (tertiary/aromatic N) is 1. The average Bonchev–Trinajstić information content (AvgIpc) is 2.84. The van der Waals surface area contributed by atoms with Crippen LogP contribution in [-0.2, 0) is 4.79 Å². The van der Waals surface area contributed by atoms with Crippen molar-refractivity contribution in [3.8, 4) is 5.75 Å². The van der Waals surface area contributed by atoms with E-state index in [4.69, 9.17) is 9.26 Å². The van der Waals surface area contributed by atoms with Gasteiger partial charge in [-0.3, -0.25) is 4.79 Å². The summed E-state index contributed by atoms with van der Waals surface area (Å²) in [7, 11) is 1.62. The van der Waals surface area contributed by atoms with Gasteiger partial charge in [0.2, 0.25) is 5.91 Å². The molecule has 1 heterocycles. The second-order valence-electron chi connectivity index (χ2n) is 4.37. The lowest BCUT2D eigenvalue weighted by Crippen LogP contribution is -2.08. The maximum atomic E-state index is 11.8. The Bertz CT molecular complexity index is 627. The third kappa shape index (κ3) is 3.47. The summed E-state index contributed by atoms with van der Waals surface area (Å²) in [5, 5.41) is 6.35. The van der Waals surface area contributed by atoms with Gasteiger partial charge in [0.25, 0.3) is 0 Å². The molecule has 20 heavy (non-hydrogen) atoms. The van der Waals surface area contributed by atoms with Gasteiger partial charge in [-0.2, -0.15) is 0 Å². The minimum absolute atomic E-state index is 0.244. The maximum absolute atomic E-state index is 11.8. The highest BCUT2D eigenvalue weighted by molar-refractivity contribution is 6.03. The van der Waals surface area contributed by atoms with Gasteiger partial charge in [0.05, 0.1) is 7.11 Å². The molecular weight excluding hydrogens is 256 g/mol. The van der Waals surface area contributed by atoms with E-state index >= 15 is 0 Å². The number of methoxy groups -OCH3 is 1. The summed E-state index contributed by atoms with van der Waals surface area (Å²) in [5.74, 6) is 1.60. The monoisotopic (exact) mass is 272 g/mol. The van der Waals surface area contributed by atoms with Crippen molar-refractivity contribution in [1.82, 2.24) is 5.16 Å². The topological polar surface area (TPSA) is 64.4 Å². The molecular formula is C15H16N2O3. The molecule has 0 aliphatic heterocycles. The van der Waals surface area contributed by atoms with Gasteiger partial charge in [-0.05, 0) is 37.1 Å². The number of allylic oxidation sites excluding steroid dienone is 1. The van der Waals surface area contributed by atoms with Gasteiger partial charge in [-0.25, -0.2) is 0 Å². The van der Waals surface area contributed by atoms with Gasteiger partial charge in [0, 0.05) is 12.1 Å². The van der Waals surface area contributed by atoms with Crippen LogP contribution in [0.15, 0.2) is 40.9 Å². The molecule has 5 nitrogen and oxygen atoms in total. The Morgan fingerprint density at radius 3 is 2.60 bits per heavy atom. The van der Waals surface area contributed by atoms with Gasteiger partial charge < -0.3 is 14.6 Å². The summed E-state index contributed by atoms with van der Waals surface area (Å²) >= 11 is 0. The van der Waals surface area contributed by atoms with E-state index in [-0.39, 0.29) is 5.91 Å². The van der Waals surface area contributed by atoms with Crippen molar-refractivity contribution in [2.45, 2.75) is 13.8 Å². The van der Waals surface area contributed by atoms with Crippen molar-refractivity contribution >= 4 is 17.3 Å². The normalized spacial score (nSPS) is 11.2. The zero-order chi connectivity index (χ0) is 14.5. The molecule has 104 valence electrons. The summed E-state index contributed by atoms with van der Waals surface area (Å²) in [6, 6.07) is 9.17. The van der Waals surface area contributed by atoms with Gasteiger partial charge in [-0.1, -0.05) is 17.3 Å². The lowest BCUT2D eigenvalue weighted by molar-refractivity contribution is -0.111. The number of amides is 1. The second kappa shape index (κ2) is 6.06. The Labute approximate surface area is 117 Å². The predicted octanol–water partition coefficient (Wildman–Crippen LogP) is 3.03. The number of ether oxygens (including phenoxy) is 1. The van der Waals surface area contributed by atoms with E-state index < -0.39 is 0 Å². The summed E-state index contributed by atoms with van der Waals surface area (Å²) in [5.41, 5.74) is 1.81. The number of carbonyl (C=O) groups excluding carboxylic acids is 1. The van der Waals surface area contributed by atoms with Crippen LogP contribution in [0.5, 0.6) is 5.75 Å². The number of rotatable bonds is 4. The van der Waals surface area contributed by atoms with E-state index in [0.29, 0.717) is 11.6 Å². The molecule has 0 saturated heterocycles. The van der Waals surface area contributed by atoms with Crippen LogP contribution < -0.4 is 10.1 Å². The van der Waals surface area contributed by atoms with Crippen LogP contribution in [0.3, 0.4) is 0 Å². The van der Waals surface area contributed by atoms with Crippen molar-refractivity contribution in [2.24, 2.45) is 0 Å². The summed E-state index contributed by atoms with van der Waals surface area (Å²) in [4.78, 5) is 11.8. The summed E-state index contributed by atoms with van der Waals surface area (Å²) in [6.07, 6.45) is 1.52. The number of carbonyl (C=O) groups is 1. The van der Waals surface area contributed by atoms with Crippen molar-refractivity contribution in [1.29, 1.82) is 0 Å². The first-order valence-electron chi connectivity index (χ1n) is 6.15. The molecule has 2 aromatic rings. The number of anilines is 1. The first-order valence-corrected chi connectivity index (χ1v) is 6.15. The third-order valence-corrected chi connectivity index (χ3v) is 2.77. The fourth-order valence-electron chi connectivity index (χ4n) is 1.72. The molecule has 0 radical (unpaired) electrons. The molecule has 0 aliphatic carbocycles. The highest BCUT2D eigenvalue weighted by Crippen LogP contribution is 2.18. The number of hydrogen-bond donors (Lipinski definition) is 1. The predicted molar refractivity (Wildman–Crippen MR) is 76.5 cm³/mol. The standard InChI is InChI=1S/C15H16N2O3/c1-10(12-4-6-13(19-3)7-5-12)8-15(18)16-14-9-11(2)20-17-14/h4-9H,1-3H3,(H,16,17,18)/b10-8+. The van der Waals surface area contributed by atoms with E-state index in [2.05, 4.69) is 10.5 Å². The number of hydrogen-bond acceptors (Lipinski definition) is 4. The van der Waals surface area contributed by atoms with Crippen LogP contribution in [0, 0.1) is 6.92 Å². The molecule has 0 saturated carbocycles. The van der Waals surface area contributed by atoms with Crippen molar-refractivity contribution in [3.63, 3.8) is 0 Å². The zero-order valence-corrected chi connectivity index (χ0v) is 11.6. The minimum Gasteiger partial charge on any atom is -0.497 e. The molecule has 0 atom stereocenters. The molecule has 5 heteroatoms. The maximum Gasteiger partial charge on any atom is 0.249 e. The summed E-state index contributed by atoms with van der Waals surface area (Å²) < 4.78 is 9.98. The molecule has 2 rings (SSSR count). The van der Waals surface area contributed by atoms with E-state index in [0.717, 1.165) is 16.9 Å². The zero-order valence-electron chi connectivity index (χ0n) is 11.6. The Hall–Kier alpha value is -2.56. The van der Waals surface area contributed by atoms with Gasteiger partial charge in [-0.15, -0.1) is 0 Å². The third-order valence-electron chi connectivity index (χ3n) is 2.77. The fourth-order valence-corrected chi connectivity index (χ4v) is 1.72. The first kappa shape index (κ1) is 13.9. The molecule has 0 fully saturated rings. The van der Waals surface area contributed by atoms with Crippen LogP contribution in [0.4, 0.5) is 5.82 Å². The first-order chi connectivity index (χ1) is 9.58. The molecule has 1 N–H and O–H groups in total. The smallest absolute Gasteiger partial charge is 0.249 e. The van der Waals surface area contributed by atoms with Crippen LogP contribution in [-0.4, -0.2) is 18.2 Å². The molecule has 1 aromatic carbocycles. The van der Waals surface area contributed by atoms with Gasteiger partial charge in [0.1, 0.15) is 11.5 Å². The molecule has 0 unspecified atom stereocenters. The number of aryl methyl sites for hydroxylation is 1. The van der Waals surface area contributed by atoms with Crippen LogP contribution >= 0.6 is 0 Å². The Balaban J connectivity index is 2.06. The van der Waals surface area contributed by atoms with Gasteiger partial charge in [0.15, 0.2) is 5.82 Å². The average molecular weight is 272 g/mol. The van der Waals surface area contributed by atoms with Crippen LogP contribution in [0.2, 0.25) is 0 Å². The Kier molecular flexibility index (Phi) is 4.20. The van der Waals surface area contributed by atoms with E-state index in [9.17, 15) is 4.79 Å². The molecule has 0 bridgehead atoms. The summed E-state index contributed by atoms with van der Waals surface area (Å²) in [6.45, 7) is 3.64. The highest BCUT2D eigenvalue weighted by Gasteiger charge is 2.05. The molecule has 0 aliphatic rings. The number of nitrogens with one attached hydrogen (secondary N) is 1. The fraction of sp³-hybridized carbons (Fsp3) is 0.200. The number of aromatic nitrogens is 1. The van der Waals surface area contributed by atoms with Gasteiger partial charge >= 0.3 is 0 Å². The van der Waals surface area contributed by atoms with Crippen LogP contribution in [0.25, 0.3) is 5.57 Å². The second-order valence-corrected chi connectivity index (χ2v) is 4.37. The van der Waals surface area contributed by atoms with E-state index in [1.807, 2.05) is 31.2 Å². The van der Waals surface area contributed by atoms with Crippen molar-refractivity contribution < 1.29 is 14.1 Å².